The fourth-order valence-electron chi connectivity index (χ4n) is 1.81. The third-order valence-electron chi connectivity index (χ3n) is 3.04. The van der Waals surface area contributed by atoms with Crippen LogP contribution in [-0.2, 0) is 4.79 Å². The summed E-state index contributed by atoms with van der Waals surface area (Å²) in [5.41, 5.74) is 0.881. The van der Waals surface area contributed by atoms with Crippen molar-refractivity contribution in [1.29, 1.82) is 0 Å². The molecule has 0 bridgehead atoms. The molecule has 1 heterocycles. The Kier molecular flexibility index (Phi) is 2.11. The van der Waals surface area contributed by atoms with Crippen molar-refractivity contribution in [3.63, 3.8) is 0 Å². The lowest BCUT2D eigenvalue weighted by Crippen LogP contribution is -2.24. The molecule has 1 aromatic carbocycles. The second kappa shape index (κ2) is 3.25. The van der Waals surface area contributed by atoms with Gasteiger partial charge in [0.25, 0.3) is 0 Å². The topological polar surface area (TPSA) is 29.1 Å². The van der Waals surface area contributed by atoms with Gasteiger partial charge in [-0.25, -0.2) is 0 Å². The van der Waals surface area contributed by atoms with E-state index < -0.39 is 0 Å². The zero-order valence-electron chi connectivity index (χ0n) is 8.05. The highest BCUT2D eigenvalue weighted by molar-refractivity contribution is 9.10. The first-order chi connectivity index (χ1) is 7.21. The van der Waals surface area contributed by atoms with E-state index in [9.17, 15) is 4.79 Å². The number of carbonyl (C=O) groups is 1. The molecule has 15 heavy (non-hydrogen) atoms. The van der Waals surface area contributed by atoms with E-state index in [0.29, 0.717) is 0 Å². The van der Waals surface area contributed by atoms with E-state index in [1.807, 2.05) is 18.2 Å². The number of fused-ring (bicyclic) bond motifs is 1. The Morgan fingerprint density at radius 1 is 1.40 bits per heavy atom. The predicted molar refractivity (Wildman–Crippen MR) is 65.2 cm³/mol. The van der Waals surface area contributed by atoms with Crippen LogP contribution in [0.2, 0.25) is 0 Å². The zero-order chi connectivity index (χ0) is 10.5. The number of hydrogen-bond acceptors (Lipinski definition) is 2. The molecule has 4 heteroatoms. The Labute approximate surface area is 101 Å². The van der Waals surface area contributed by atoms with Crippen LogP contribution in [0.25, 0.3) is 0 Å². The van der Waals surface area contributed by atoms with Crippen molar-refractivity contribution in [2.24, 2.45) is 5.41 Å². The van der Waals surface area contributed by atoms with Crippen LogP contribution in [0.5, 0.6) is 0 Å². The SMILES string of the molecule is O=C1Nc2cccc(Br)c2SCC12CC2. The summed E-state index contributed by atoms with van der Waals surface area (Å²) in [6.07, 6.45) is 2.08. The molecule has 0 saturated heterocycles. The lowest BCUT2D eigenvalue weighted by atomic mass is 10.1. The van der Waals surface area contributed by atoms with Crippen molar-refractivity contribution in [2.45, 2.75) is 17.7 Å². The van der Waals surface area contributed by atoms with Crippen LogP contribution in [0.15, 0.2) is 27.6 Å². The van der Waals surface area contributed by atoms with Crippen molar-refractivity contribution in [2.75, 3.05) is 11.1 Å². The van der Waals surface area contributed by atoms with E-state index in [2.05, 4.69) is 21.2 Å². The fraction of sp³-hybridized carbons (Fsp3) is 0.364. The fourth-order valence-corrected chi connectivity index (χ4v) is 3.84. The summed E-state index contributed by atoms with van der Waals surface area (Å²) in [6, 6.07) is 5.93. The molecule has 1 N–H and O–H groups in total. The van der Waals surface area contributed by atoms with Crippen LogP contribution in [-0.4, -0.2) is 11.7 Å². The van der Waals surface area contributed by atoms with Crippen molar-refractivity contribution in [3.05, 3.63) is 22.7 Å². The Morgan fingerprint density at radius 2 is 2.20 bits per heavy atom. The van der Waals surface area contributed by atoms with E-state index in [4.69, 9.17) is 0 Å². The standard InChI is InChI=1S/C11H10BrNOS/c12-7-2-1-3-8-9(7)15-6-11(4-5-11)10(14)13-8/h1-3H,4-6H2,(H,13,14). The van der Waals surface area contributed by atoms with Crippen LogP contribution in [0, 0.1) is 5.41 Å². The molecule has 0 radical (unpaired) electrons. The minimum absolute atomic E-state index is 0.0663. The number of halogens is 1. The number of thioether (sulfide) groups is 1. The molecule has 0 atom stereocenters. The largest absolute Gasteiger partial charge is 0.325 e. The van der Waals surface area contributed by atoms with E-state index in [0.717, 1.165) is 33.7 Å². The number of hydrogen-bond donors (Lipinski definition) is 1. The van der Waals surface area contributed by atoms with Gasteiger partial charge in [-0.1, -0.05) is 6.07 Å². The minimum Gasteiger partial charge on any atom is -0.325 e. The van der Waals surface area contributed by atoms with Gasteiger partial charge in [0.05, 0.1) is 11.1 Å². The van der Waals surface area contributed by atoms with Crippen LogP contribution < -0.4 is 5.32 Å². The monoisotopic (exact) mass is 283 g/mol. The van der Waals surface area contributed by atoms with Crippen LogP contribution in [0.1, 0.15) is 12.8 Å². The van der Waals surface area contributed by atoms with Gasteiger partial charge in [0.1, 0.15) is 0 Å². The molecule has 0 unspecified atom stereocenters. The summed E-state index contributed by atoms with van der Waals surface area (Å²) in [5, 5.41) is 3.03. The molecule has 1 aliphatic heterocycles. The average Bonchev–Trinajstić information content (AvgIpc) is 2.98. The van der Waals surface area contributed by atoms with Gasteiger partial charge in [0.15, 0.2) is 0 Å². The lowest BCUT2D eigenvalue weighted by molar-refractivity contribution is -0.120. The molecule has 1 spiro atoms. The molecular formula is C11H10BrNOS. The van der Waals surface area contributed by atoms with Gasteiger partial charge in [0.2, 0.25) is 5.91 Å². The quantitative estimate of drug-likeness (QED) is 0.792. The number of anilines is 1. The molecule has 0 aromatic heterocycles. The molecule has 1 aromatic rings. The van der Waals surface area contributed by atoms with E-state index in [1.54, 1.807) is 11.8 Å². The highest BCUT2D eigenvalue weighted by atomic mass is 79.9. The first-order valence-electron chi connectivity index (χ1n) is 4.94. The molecule has 1 aliphatic carbocycles. The maximum atomic E-state index is 11.9. The van der Waals surface area contributed by atoms with Crippen molar-refractivity contribution in [1.82, 2.24) is 0 Å². The summed E-state index contributed by atoms with van der Waals surface area (Å²) in [7, 11) is 0. The van der Waals surface area contributed by atoms with Gasteiger partial charge in [0, 0.05) is 15.1 Å². The molecule has 2 aliphatic rings. The zero-order valence-corrected chi connectivity index (χ0v) is 10.5. The number of carbonyl (C=O) groups excluding carboxylic acids is 1. The number of amides is 1. The Hall–Kier alpha value is -0.480. The molecule has 1 fully saturated rings. The van der Waals surface area contributed by atoms with Crippen molar-refractivity contribution < 1.29 is 4.79 Å². The Balaban J connectivity index is 2.04. The second-order valence-electron chi connectivity index (χ2n) is 4.14. The Bertz CT molecular complexity index is 442. The third kappa shape index (κ3) is 1.51. The summed E-state index contributed by atoms with van der Waals surface area (Å²) in [6.45, 7) is 0. The van der Waals surface area contributed by atoms with E-state index in [-0.39, 0.29) is 11.3 Å². The maximum absolute atomic E-state index is 11.9. The number of nitrogens with one attached hydrogen (secondary N) is 1. The summed E-state index contributed by atoms with van der Waals surface area (Å²) < 4.78 is 1.07. The summed E-state index contributed by atoms with van der Waals surface area (Å²) in [5.74, 6) is 1.11. The van der Waals surface area contributed by atoms with Crippen LogP contribution >= 0.6 is 27.7 Å². The van der Waals surface area contributed by atoms with Gasteiger partial charge < -0.3 is 5.32 Å². The molecule has 2 nitrogen and oxygen atoms in total. The van der Waals surface area contributed by atoms with Crippen molar-refractivity contribution in [3.8, 4) is 0 Å². The van der Waals surface area contributed by atoms with Crippen LogP contribution in [0.4, 0.5) is 5.69 Å². The Morgan fingerprint density at radius 3 is 2.93 bits per heavy atom. The molecular weight excluding hydrogens is 274 g/mol. The molecule has 78 valence electrons. The molecule has 1 amide bonds. The van der Waals surface area contributed by atoms with Crippen LogP contribution in [0.3, 0.4) is 0 Å². The highest BCUT2D eigenvalue weighted by Gasteiger charge is 2.51. The highest BCUT2D eigenvalue weighted by Crippen LogP contribution is 2.53. The van der Waals surface area contributed by atoms with Gasteiger partial charge in [-0.15, -0.1) is 11.8 Å². The lowest BCUT2D eigenvalue weighted by Gasteiger charge is -2.08. The van der Waals surface area contributed by atoms with E-state index >= 15 is 0 Å². The maximum Gasteiger partial charge on any atom is 0.231 e. The van der Waals surface area contributed by atoms with E-state index in [1.165, 1.54) is 0 Å². The minimum atomic E-state index is -0.0663. The first-order valence-corrected chi connectivity index (χ1v) is 6.72. The molecule has 3 rings (SSSR count). The number of rotatable bonds is 0. The van der Waals surface area contributed by atoms with Crippen molar-refractivity contribution >= 4 is 39.3 Å². The second-order valence-corrected chi connectivity index (χ2v) is 5.98. The normalized spacial score (nSPS) is 21.8. The van der Waals surface area contributed by atoms with Gasteiger partial charge >= 0.3 is 0 Å². The van der Waals surface area contributed by atoms with Gasteiger partial charge in [-0.05, 0) is 40.9 Å². The third-order valence-corrected chi connectivity index (χ3v) is 5.39. The number of benzene rings is 1. The molecule has 1 saturated carbocycles. The van der Waals surface area contributed by atoms with Gasteiger partial charge in [-0.2, -0.15) is 0 Å². The first kappa shape index (κ1) is 9.73. The van der Waals surface area contributed by atoms with Gasteiger partial charge in [-0.3, -0.25) is 4.79 Å². The summed E-state index contributed by atoms with van der Waals surface area (Å²) in [4.78, 5) is 13.1. The summed E-state index contributed by atoms with van der Waals surface area (Å²) >= 11 is 5.30. The smallest absolute Gasteiger partial charge is 0.231 e. The average molecular weight is 284 g/mol. The predicted octanol–water partition coefficient (Wildman–Crippen LogP) is 3.27.